The summed E-state index contributed by atoms with van der Waals surface area (Å²) in [6.45, 7) is 4.30. The molecule has 0 heterocycles. The van der Waals surface area contributed by atoms with E-state index in [2.05, 4.69) is 80.6 Å². The highest BCUT2D eigenvalue weighted by Crippen LogP contribution is 2.39. The van der Waals surface area contributed by atoms with Gasteiger partial charge in [0.2, 0.25) is 0 Å². The largest absolute Gasteiger partial charge is 0.143 e. The quantitative estimate of drug-likeness (QED) is 0.556. The van der Waals surface area contributed by atoms with Gasteiger partial charge < -0.3 is 0 Å². The van der Waals surface area contributed by atoms with Gasteiger partial charge in [0, 0.05) is 10.5 Å². The molecule has 0 bridgehead atoms. The summed E-state index contributed by atoms with van der Waals surface area (Å²) in [6.07, 6.45) is 0. The topological polar surface area (TPSA) is 0 Å². The van der Waals surface area contributed by atoms with E-state index in [0.717, 1.165) is 4.90 Å². The van der Waals surface area contributed by atoms with Gasteiger partial charge in [0.25, 0.3) is 0 Å². The molecular formula is C20H18S. The number of aryl methyl sites for hydroxylation is 2. The molecule has 0 amide bonds. The van der Waals surface area contributed by atoms with E-state index in [1.807, 2.05) is 0 Å². The Kier molecular flexibility index (Phi) is 3.85. The maximum atomic E-state index is 4.71. The standard InChI is InChI=1S/C20H18S/c1-14-8-3-5-10-16(14)18-12-7-13-19(21)20(18)17-11-6-4-9-15(17)2/h3-13,21H,1-2H3. The van der Waals surface area contributed by atoms with Crippen molar-refractivity contribution in [2.24, 2.45) is 0 Å². The molecule has 3 aromatic rings. The second-order valence-electron chi connectivity index (χ2n) is 5.33. The maximum Gasteiger partial charge on any atom is 0.0125 e. The molecule has 0 aliphatic rings. The molecule has 3 rings (SSSR count). The second-order valence-corrected chi connectivity index (χ2v) is 5.81. The number of hydrogen-bond acceptors (Lipinski definition) is 1. The highest BCUT2D eigenvalue weighted by Gasteiger charge is 2.13. The molecule has 0 fully saturated rings. The predicted molar refractivity (Wildman–Crippen MR) is 94.0 cm³/mol. The van der Waals surface area contributed by atoms with Crippen LogP contribution in [0.1, 0.15) is 11.1 Å². The highest BCUT2D eigenvalue weighted by molar-refractivity contribution is 7.80. The van der Waals surface area contributed by atoms with Gasteiger partial charge in [0.15, 0.2) is 0 Å². The van der Waals surface area contributed by atoms with Gasteiger partial charge >= 0.3 is 0 Å². The minimum absolute atomic E-state index is 1.02. The third-order valence-corrected chi connectivity index (χ3v) is 4.26. The monoisotopic (exact) mass is 290 g/mol. The zero-order valence-electron chi connectivity index (χ0n) is 12.3. The van der Waals surface area contributed by atoms with Crippen LogP contribution >= 0.6 is 12.6 Å². The third-order valence-electron chi connectivity index (χ3n) is 3.89. The van der Waals surface area contributed by atoms with Crippen LogP contribution in [-0.2, 0) is 0 Å². The molecule has 0 spiro atoms. The Bertz CT molecular complexity index is 787. The van der Waals surface area contributed by atoms with E-state index in [1.54, 1.807) is 0 Å². The number of thiol groups is 1. The summed E-state index contributed by atoms with van der Waals surface area (Å²) in [5.41, 5.74) is 7.54. The van der Waals surface area contributed by atoms with Crippen molar-refractivity contribution in [3.8, 4) is 22.3 Å². The lowest BCUT2D eigenvalue weighted by Crippen LogP contribution is -1.91. The Balaban J connectivity index is 2.32. The summed E-state index contributed by atoms with van der Waals surface area (Å²) in [7, 11) is 0. The number of benzene rings is 3. The van der Waals surface area contributed by atoms with Crippen LogP contribution in [0.4, 0.5) is 0 Å². The van der Waals surface area contributed by atoms with Gasteiger partial charge in [-0.15, -0.1) is 12.6 Å². The molecule has 0 atom stereocenters. The van der Waals surface area contributed by atoms with Gasteiger partial charge in [-0.05, 0) is 47.7 Å². The molecule has 0 nitrogen and oxygen atoms in total. The van der Waals surface area contributed by atoms with E-state index < -0.39 is 0 Å². The van der Waals surface area contributed by atoms with Crippen molar-refractivity contribution >= 4 is 12.6 Å². The van der Waals surface area contributed by atoms with Gasteiger partial charge in [0.05, 0.1) is 0 Å². The lowest BCUT2D eigenvalue weighted by atomic mass is 9.90. The fourth-order valence-corrected chi connectivity index (χ4v) is 3.10. The summed E-state index contributed by atoms with van der Waals surface area (Å²) >= 11 is 4.71. The molecule has 0 aromatic heterocycles. The SMILES string of the molecule is Cc1ccccc1-c1cccc(S)c1-c1ccccc1C. The molecule has 1 heteroatoms. The predicted octanol–water partition coefficient (Wildman–Crippen LogP) is 5.93. The van der Waals surface area contributed by atoms with E-state index in [-0.39, 0.29) is 0 Å². The van der Waals surface area contributed by atoms with E-state index >= 15 is 0 Å². The molecule has 0 aliphatic heterocycles. The maximum absolute atomic E-state index is 4.71. The fraction of sp³-hybridized carbons (Fsp3) is 0.100. The Morgan fingerprint density at radius 3 is 1.71 bits per heavy atom. The van der Waals surface area contributed by atoms with E-state index in [9.17, 15) is 0 Å². The van der Waals surface area contributed by atoms with Crippen LogP contribution in [0.25, 0.3) is 22.3 Å². The first-order valence-electron chi connectivity index (χ1n) is 7.12. The number of hydrogen-bond donors (Lipinski definition) is 1. The lowest BCUT2D eigenvalue weighted by molar-refractivity contribution is 1.38. The zero-order valence-corrected chi connectivity index (χ0v) is 13.2. The van der Waals surface area contributed by atoms with Gasteiger partial charge in [-0.3, -0.25) is 0 Å². The summed E-state index contributed by atoms with van der Waals surface area (Å²) in [6, 6.07) is 23.3. The third kappa shape index (κ3) is 2.62. The summed E-state index contributed by atoms with van der Waals surface area (Å²) < 4.78 is 0. The Labute approximate surface area is 131 Å². The average Bonchev–Trinajstić information content (AvgIpc) is 2.49. The molecule has 0 N–H and O–H groups in total. The van der Waals surface area contributed by atoms with Gasteiger partial charge in [-0.1, -0.05) is 60.7 Å². The van der Waals surface area contributed by atoms with Crippen molar-refractivity contribution in [2.45, 2.75) is 18.7 Å². The summed E-state index contributed by atoms with van der Waals surface area (Å²) in [5, 5.41) is 0. The van der Waals surface area contributed by atoms with Gasteiger partial charge in [-0.2, -0.15) is 0 Å². The molecule has 0 saturated carbocycles. The molecule has 0 saturated heterocycles. The lowest BCUT2D eigenvalue weighted by Gasteiger charge is -2.16. The van der Waals surface area contributed by atoms with Gasteiger partial charge in [0.1, 0.15) is 0 Å². The fourth-order valence-electron chi connectivity index (χ4n) is 2.78. The van der Waals surface area contributed by atoms with E-state index in [4.69, 9.17) is 12.6 Å². The second kappa shape index (κ2) is 5.79. The van der Waals surface area contributed by atoms with Crippen LogP contribution in [0.15, 0.2) is 71.6 Å². The van der Waals surface area contributed by atoms with Crippen LogP contribution < -0.4 is 0 Å². The first kappa shape index (κ1) is 14.0. The van der Waals surface area contributed by atoms with Crippen LogP contribution in [0, 0.1) is 13.8 Å². The summed E-state index contributed by atoms with van der Waals surface area (Å²) in [5.74, 6) is 0. The van der Waals surface area contributed by atoms with Crippen molar-refractivity contribution in [3.63, 3.8) is 0 Å². The molecular weight excluding hydrogens is 272 g/mol. The normalized spacial score (nSPS) is 10.6. The van der Waals surface area contributed by atoms with Crippen LogP contribution in [0.5, 0.6) is 0 Å². The average molecular weight is 290 g/mol. The first-order valence-corrected chi connectivity index (χ1v) is 7.57. The van der Waals surface area contributed by atoms with Crippen molar-refractivity contribution in [1.29, 1.82) is 0 Å². The van der Waals surface area contributed by atoms with Crippen molar-refractivity contribution < 1.29 is 0 Å². The van der Waals surface area contributed by atoms with Crippen LogP contribution in [0.2, 0.25) is 0 Å². The first-order chi connectivity index (χ1) is 10.2. The highest BCUT2D eigenvalue weighted by atomic mass is 32.1. The van der Waals surface area contributed by atoms with Crippen LogP contribution in [-0.4, -0.2) is 0 Å². The molecule has 0 radical (unpaired) electrons. The van der Waals surface area contributed by atoms with Crippen LogP contribution in [0.3, 0.4) is 0 Å². The molecule has 0 unspecified atom stereocenters. The Hall–Kier alpha value is -1.99. The molecule has 0 aliphatic carbocycles. The number of rotatable bonds is 2. The summed E-state index contributed by atoms with van der Waals surface area (Å²) in [4.78, 5) is 1.02. The van der Waals surface area contributed by atoms with Crippen molar-refractivity contribution in [1.82, 2.24) is 0 Å². The molecule has 21 heavy (non-hydrogen) atoms. The van der Waals surface area contributed by atoms with E-state index in [1.165, 1.54) is 33.4 Å². The smallest absolute Gasteiger partial charge is 0.0125 e. The molecule has 3 aromatic carbocycles. The minimum atomic E-state index is 1.02. The minimum Gasteiger partial charge on any atom is -0.143 e. The van der Waals surface area contributed by atoms with Crippen molar-refractivity contribution in [2.75, 3.05) is 0 Å². The Morgan fingerprint density at radius 2 is 1.10 bits per heavy atom. The zero-order chi connectivity index (χ0) is 14.8. The van der Waals surface area contributed by atoms with E-state index in [0.29, 0.717) is 0 Å². The molecule has 104 valence electrons. The van der Waals surface area contributed by atoms with Gasteiger partial charge in [-0.25, -0.2) is 0 Å². The Morgan fingerprint density at radius 1 is 0.571 bits per heavy atom. The van der Waals surface area contributed by atoms with Crippen molar-refractivity contribution in [3.05, 3.63) is 77.9 Å².